The van der Waals surface area contributed by atoms with Crippen molar-refractivity contribution in [1.82, 2.24) is 5.32 Å². The number of nitrogens with one attached hydrogen (secondary N) is 1. The van der Waals surface area contributed by atoms with Gasteiger partial charge in [0.25, 0.3) is 0 Å². The summed E-state index contributed by atoms with van der Waals surface area (Å²) in [6, 6.07) is 29.6. The van der Waals surface area contributed by atoms with E-state index in [1.165, 1.54) is 0 Å². The summed E-state index contributed by atoms with van der Waals surface area (Å²) in [4.78, 5) is 12.7. The molecule has 1 N–H and O–H groups in total. The van der Waals surface area contributed by atoms with Gasteiger partial charge in [0.1, 0.15) is 29.3 Å². The topological polar surface area (TPSA) is 75.3 Å². The first-order valence-corrected chi connectivity index (χ1v) is 13.9. The largest absolute Gasteiger partial charge is 0.444 e. The van der Waals surface area contributed by atoms with Crippen LogP contribution in [0.4, 0.5) is 4.79 Å². The number of carbonyl (C=O) groups excluding carboxylic acids is 1. The van der Waals surface area contributed by atoms with Crippen molar-refractivity contribution in [2.24, 2.45) is 0 Å². The number of halogens is 1. The molecule has 7 nitrogen and oxygen atoms in total. The van der Waals surface area contributed by atoms with E-state index in [1.807, 2.05) is 91.0 Å². The minimum atomic E-state index is -0.890. The molecule has 1 amide bonds. The molecule has 1 saturated heterocycles. The second-order valence-electron chi connectivity index (χ2n) is 10.7. The molecular weight excluding hydrogens is 530 g/mol. The van der Waals surface area contributed by atoms with E-state index in [2.05, 4.69) is 5.32 Å². The highest BCUT2D eigenvalue weighted by molar-refractivity contribution is 6.21. The number of alkyl carbamates (subject to hydrolysis) is 1. The van der Waals surface area contributed by atoms with Crippen LogP contribution in [0.2, 0.25) is 0 Å². The molecule has 8 heteroatoms. The molecule has 0 unspecified atom stereocenters. The maximum absolute atomic E-state index is 12.7. The van der Waals surface area contributed by atoms with E-state index in [4.69, 9.17) is 35.3 Å². The van der Waals surface area contributed by atoms with E-state index in [-0.39, 0.29) is 6.61 Å². The summed E-state index contributed by atoms with van der Waals surface area (Å²) < 4.78 is 30.7. The average Bonchev–Trinajstić information content (AvgIpc) is 2.94. The first kappa shape index (κ1) is 30.0. The third-order valence-electron chi connectivity index (χ3n) is 6.24. The predicted molar refractivity (Wildman–Crippen MR) is 154 cm³/mol. The lowest BCUT2D eigenvalue weighted by molar-refractivity contribution is -0.222. The predicted octanol–water partition coefficient (Wildman–Crippen LogP) is 6.23. The lowest BCUT2D eigenvalue weighted by atomic mass is 9.99. The Kier molecular flexibility index (Phi) is 11.0. The van der Waals surface area contributed by atoms with Crippen molar-refractivity contribution in [3.63, 3.8) is 0 Å². The van der Waals surface area contributed by atoms with Crippen molar-refractivity contribution < 1.29 is 28.5 Å². The normalized spacial score (nSPS) is 22.9. The molecule has 0 aromatic heterocycles. The van der Waals surface area contributed by atoms with Crippen molar-refractivity contribution in [1.29, 1.82) is 0 Å². The Morgan fingerprint density at radius 3 is 1.75 bits per heavy atom. The fraction of sp³-hybridized carbons (Fsp3) is 0.406. The third kappa shape index (κ3) is 9.32. The quantitative estimate of drug-likeness (QED) is 0.277. The Labute approximate surface area is 241 Å². The molecule has 0 saturated carbocycles. The zero-order valence-corrected chi connectivity index (χ0v) is 24.0. The number of hydrogen-bond donors (Lipinski definition) is 1. The van der Waals surface area contributed by atoms with E-state index >= 15 is 0 Å². The molecule has 5 atom stereocenters. The van der Waals surface area contributed by atoms with Crippen LogP contribution in [0.3, 0.4) is 0 Å². The zero-order valence-electron chi connectivity index (χ0n) is 23.2. The lowest BCUT2D eigenvalue weighted by Gasteiger charge is -2.44. The summed E-state index contributed by atoms with van der Waals surface area (Å²) in [5.74, 6) is 0. The van der Waals surface area contributed by atoms with E-state index < -0.39 is 41.6 Å². The molecule has 3 aromatic carbocycles. The fourth-order valence-electron chi connectivity index (χ4n) is 4.37. The number of amides is 1. The number of carbonyl (C=O) groups is 1. The number of rotatable bonds is 11. The molecular formula is C32H38ClNO6. The number of hydrogen-bond acceptors (Lipinski definition) is 6. The van der Waals surface area contributed by atoms with Gasteiger partial charge in [-0.15, -0.1) is 11.6 Å². The molecule has 1 heterocycles. The van der Waals surface area contributed by atoms with E-state index in [0.717, 1.165) is 16.7 Å². The molecule has 0 radical (unpaired) electrons. The van der Waals surface area contributed by atoms with E-state index in [1.54, 1.807) is 20.8 Å². The smallest absolute Gasteiger partial charge is 0.409 e. The van der Waals surface area contributed by atoms with Gasteiger partial charge in [-0.25, -0.2) is 4.79 Å². The van der Waals surface area contributed by atoms with Crippen LogP contribution in [0.5, 0.6) is 0 Å². The Bertz CT molecular complexity index is 1160. The van der Waals surface area contributed by atoms with Crippen LogP contribution in [-0.4, -0.2) is 48.2 Å². The van der Waals surface area contributed by atoms with Gasteiger partial charge in [-0.05, 0) is 37.5 Å². The van der Waals surface area contributed by atoms with Crippen molar-refractivity contribution >= 4 is 17.7 Å². The molecule has 1 aliphatic rings. The van der Waals surface area contributed by atoms with Crippen LogP contribution in [0.1, 0.15) is 37.5 Å². The van der Waals surface area contributed by atoms with Crippen LogP contribution in [0.15, 0.2) is 91.0 Å². The number of alkyl halides is 1. The Balaban J connectivity index is 1.54. The summed E-state index contributed by atoms with van der Waals surface area (Å²) in [6.07, 6.45) is -3.29. The van der Waals surface area contributed by atoms with Gasteiger partial charge in [0.2, 0.25) is 0 Å². The van der Waals surface area contributed by atoms with Gasteiger partial charge in [0, 0.05) is 0 Å². The highest BCUT2D eigenvalue weighted by Crippen LogP contribution is 2.31. The minimum absolute atomic E-state index is 0.204. The second-order valence-corrected chi connectivity index (χ2v) is 11.2. The molecule has 1 fully saturated rings. The van der Waals surface area contributed by atoms with E-state index in [0.29, 0.717) is 19.8 Å². The second kappa shape index (κ2) is 14.6. The highest BCUT2D eigenvalue weighted by Gasteiger charge is 2.47. The maximum atomic E-state index is 12.7. The fourth-order valence-corrected chi connectivity index (χ4v) is 4.71. The van der Waals surface area contributed by atoms with Crippen LogP contribution in [0.25, 0.3) is 0 Å². The molecule has 0 spiro atoms. The standard InChI is InChI=1S/C32H38ClNO6/c1-32(2,3)40-31(35)34-30-27(33)29(38-21-25-17-11-6-12-18-25)28(37-20-24-15-9-5-10-16-24)26(39-30)22-36-19-23-13-7-4-8-14-23/h4-18,26-30H,19-22H2,1-3H3,(H,34,35)/t26-,27-,28+,29-,30-/m1/s1. The van der Waals surface area contributed by atoms with Gasteiger partial charge in [-0.1, -0.05) is 91.0 Å². The molecule has 0 aliphatic carbocycles. The molecule has 214 valence electrons. The Morgan fingerprint density at radius 1 is 0.775 bits per heavy atom. The molecule has 40 heavy (non-hydrogen) atoms. The van der Waals surface area contributed by atoms with Crippen molar-refractivity contribution in [2.45, 2.75) is 76.1 Å². The van der Waals surface area contributed by atoms with Crippen LogP contribution >= 0.6 is 11.6 Å². The Morgan fingerprint density at radius 2 is 1.25 bits per heavy atom. The summed E-state index contributed by atoms with van der Waals surface area (Å²) in [6.45, 7) is 6.65. The van der Waals surface area contributed by atoms with Crippen molar-refractivity contribution in [2.75, 3.05) is 6.61 Å². The van der Waals surface area contributed by atoms with E-state index in [9.17, 15) is 4.79 Å². The molecule has 1 aliphatic heterocycles. The lowest BCUT2D eigenvalue weighted by Crippen LogP contribution is -2.63. The number of ether oxygens (including phenoxy) is 5. The van der Waals surface area contributed by atoms with Crippen molar-refractivity contribution in [3.05, 3.63) is 108 Å². The van der Waals surface area contributed by atoms with Gasteiger partial charge in [-0.2, -0.15) is 0 Å². The Hall–Kier alpha value is -2.94. The minimum Gasteiger partial charge on any atom is -0.444 e. The summed E-state index contributed by atoms with van der Waals surface area (Å²) in [5.41, 5.74) is 2.36. The van der Waals surface area contributed by atoms with Gasteiger partial charge < -0.3 is 23.7 Å². The first-order chi connectivity index (χ1) is 19.3. The summed E-state index contributed by atoms with van der Waals surface area (Å²) >= 11 is 6.96. The molecule has 3 aromatic rings. The average molecular weight is 568 g/mol. The van der Waals surface area contributed by atoms with Crippen LogP contribution in [-0.2, 0) is 43.5 Å². The highest BCUT2D eigenvalue weighted by atomic mass is 35.5. The monoisotopic (exact) mass is 567 g/mol. The van der Waals surface area contributed by atoms with Gasteiger partial charge in [-0.3, -0.25) is 5.32 Å². The first-order valence-electron chi connectivity index (χ1n) is 13.5. The number of benzene rings is 3. The van der Waals surface area contributed by atoms with Crippen LogP contribution < -0.4 is 5.32 Å². The van der Waals surface area contributed by atoms with Gasteiger partial charge in [0.05, 0.1) is 26.4 Å². The SMILES string of the molecule is CC(C)(C)OC(=O)N[C@@H]1O[C@H](COCc2ccccc2)[C@H](OCc2ccccc2)[C@H](OCc2ccccc2)[C@H]1Cl. The van der Waals surface area contributed by atoms with Crippen LogP contribution in [0, 0.1) is 0 Å². The van der Waals surface area contributed by atoms with Crippen molar-refractivity contribution in [3.8, 4) is 0 Å². The maximum Gasteiger partial charge on any atom is 0.409 e. The molecule has 0 bridgehead atoms. The molecule has 4 rings (SSSR count). The van der Waals surface area contributed by atoms with Gasteiger partial charge >= 0.3 is 6.09 Å². The summed E-state index contributed by atoms with van der Waals surface area (Å²) in [7, 11) is 0. The summed E-state index contributed by atoms with van der Waals surface area (Å²) in [5, 5.41) is 2.02. The third-order valence-corrected chi connectivity index (χ3v) is 6.72. The zero-order chi connectivity index (χ0) is 28.4. The van der Waals surface area contributed by atoms with Gasteiger partial charge in [0.15, 0.2) is 6.23 Å².